The maximum atomic E-state index is 12.2. The minimum absolute atomic E-state index is 0.0144. The van der Waals surface area contributed by atoms with Crippen LogP contribution in [0.5, 0.6) is 11.5 Å². The summed E-state index contributed by atoms with van der Waals surface area (Å²) >= 11 is 4.07. The number of phenols is 2. The summed E-state index contributed by atoms with van der Waals surface area (Å²) in [4.78, 5) is 24.0. The van der Waals surface area contributed by atoms with Crippen LogP contribution in [0.2, 0.25) is 0 Å². The van der Waals surface area contributed by atoms with Gasteiger partial charge in [-0.1, -0.05) is 6.92 Å². The highest BCUT2D eigenvalue weighted by molar-refractivity contribution is 7.80. The Labute approximate surface area is 138 Å². The second kappa shape index (κ2) is 7.06. The molecule has 0 saturated heterocycles. The normalized spacial score (nSPS) is 10.2. The molecule has 4 N–H and O–H groups in total. The van der Waals surface area contributed by atoms with Crippen LogP contribution in [0.1, 0.15) is 23.7 Å². The van der Waals surface area contributed by atoms with E-state index < -0.39 is 5.91 Å². The summed E-state index contributed by atoms with van der Waals surface area (Å²) in [5.41, 5.74) is 0.901. The van der Waals surface area contributed by atoms with Crippen LogP contribution < -0.4 is 10.6 Å². The van der Waals surface area contributed by atoms with Gasteiger partial charge in [-0.25, -0.2) is 0 Å². The molecule has 0 bridgehead atoms. The van der Waals surface area contributed by atoms with Crippen LogP contribution in [0.4, 0.5) is 11.4 Å². The van der Waals surface area contributed by atoms with E-state index in [-0.39, 0.29) is 35.1 Å². The molecule has 0 atom stereocenters. The highest BCUT2D eigenvalue weighted by Gasteiger charge is 2.12. The monoisotopic (exact) mass is 332 g/mol. The van der Waals surface area contributed by atoms with Crippen molar-refractivity contribution in [3.63, 3.8) is 0 Å². The molecule has 6 nitrogen and oxygen atoms in total. The maximum absolute atomic E-state index is 12.2. The van der Waals surface area contributed by atoms with Gasteiger partial charge in [0.2, 0.25) is 5.91 Å². The van der Waals surface area contributed by atoms with Gasteiger partial charge in [0.1, 0.15) is 11.5 Å². The lowest BCUT2D eigenvalue weighted by Crippen LogP contribution is -2.14. The second-order valence-corrected chi connectivity index (χ2v) is 5.27. The van der Waals surface area contributed by atoms with Gasteiger partial charge >= 0.3 is 0 Å². The number of aromatic hydroxyl groups is 2. The molecule has 7 heteroatoms. The average Bonchev–Trinajstić information content (AvgIpc) is 2.52. The largest absolute Gasteiger partial charge is 0.507 e. The van der Waals surface area contributed by atoms with E-state index in [2.05, 4.69) is 23.3 Å². The van der Waals surface area contributed by atoms with Crippen molar-refractivity contribution in [1.29, 1.82) is 0 Å². The van der Waals surface area contributed by atoms with Crippen molar-refractivity contribution in [2.45, 2.75) is 18.2 Å². The SMILES string of the molecule is CCC(=O)Nc1cc(C(=O)Nc2ccc(O)c(S)c2)ccc1O. The summed E-state index contributed by atoms with van der Waals surface area (Å²) in [7, 11) is 0. The fourth-order valence-corrected chi connectivity index (χ4v) is 2.03. The highest BCUT2D eigenvalue weighted by Crippen LogP contribution is 2.27. The van der Waals surface area contributed by atoms with Gasteiger partial charge in [-0.05, 0) is 36.4 Å². The fourth-order valence-electron chi connectivity index (χ4n) is 1.82. The standard InChI is InChI=1S/C16H16N2O4S/c1-2-15(21)18-11-7-9(3-5-12(11)19)16(22)17-10-4-6-13(20)14(23)8-10/h3-8,19-20,23H,2H2,1H3,(H,17,22)(H,18,21). The van der Waals surface area contributed by atoms with Crippen molar-refractivity contribution in [1.82, 2.24) is 0 Å². The Morgan fingerprint density at radius 2 is 1.74 bits per heavy atom. The molecule has 2 amide bonds. The van der Waals surface area contributed by atoms with Gasteiger partial charge < -0.3 is 20.8 Å². The molecule has 0 spiro atoms. The number of benzene rings is 2. The van der Waals surface area contributed by atoms with Gasteiger partial charge in [0.15, 0.2) is 0 Å². The molecular formula is C16H16N2O4S. The minimum Gasteiger partial charge on any atom is -0.507 e. The third kappa shape index (κ3) is 4.17. The third-order valence-electron chi connectivity index (χ3n) is 3.09. The Morgan fingerprint density at radius 1 is 1.04 bits per heavy atom. The summed E-state index contributed by atoms with van der Waals surface area (Å²) < 4.78 is 0. The van der Waals surface area contributed by atoms with E-state index in [1.54, 1.807) is 6.92 Å². The molecule has 0 heterocycles. The van der Waals surface area contributed by atoms with Crippen molar-refractivity contribution >= 4 is 35.8 Å². The Balaban J connectivity index is 2.20. The summed E-state index contributed by atoms with van der Waals surface area (Å²) in [5.74, 6) is -0.794. The molecule has 0 aromatic heterocycles. The molecule has 2 aromatic carbocycles. The van der Waals surface area contributed by atoms with Crippen LogP contribution in [0.15, 0.2) is 41.3 Å². The number of anilines is 2. The van der Waals surface area contributed by atoms with E-state index in [0.717, 1.165) is 0 Å². The first kappa shape index (κ1) is 16.7. The van der Waals surface area contributed by atoms with Gasteiger partial charge in [0.05, 0.1) is 5.69 Å². The topological polar surface area (TPSA) is 98.7 Å². The second-order valence-electron chi connectivity index (χ2n) is 4.79. The zero-order valence-corrected chi connectivity index (χ0v) is 13.2. The van der Waals surface area contributed by atoms with E-state index in [1.165, 1.54) is 36.4 Å². The van der Waals surface area contributed by atoms with Gasteiger partial charge in [0, 0.05) is 22.6 Å². The third-order valence-corrected chi connectivity index (χ3v) is 3.45. The Kier molecular flexibility index (Phi) is 5.13. The molecule has 0 saturated carbocycles. The lowest BCUT2D eigenvalue weighted by Gasteiger charge is -2.10. The number of amides is 2. The summed E-state index contributed by atoms with van der Waals surface area (Å²) in [6.07, 6.45) is 0.258. The molecule has 2 aromatic rings. The molecule has 23 heavy (non-hydrogen) atoms. The number of carbonyl (C=O) groups excluding carboxylic acids is 2. The van der Waals surface area contributed by atoms with Gasteiger partial charge in [-0.3, -0.25) is 9.59 Å². The summed E-state index contributed by atoms with van der Waals surface area (Å²) in [6.45, 7) is 1.68. The van der Waals surface area contributed by atoms with E-state index in [9.17, 15) is 19.8 Å². The first-order chi connectivity index (χ1) is 10.9. The van der Waals surface area contributed by atoms with Crippen molar-refractivity contribution in [2.75, 3.05) is 10.6 Å². The molecule has 0 unspecified atom stereocenters. The smallest absolute Gasteiger partial charge is 0.255 e. The fraction of sp³-hybridized carbons (Fsp3) is 0.125. The van der Waals surface area contributed by atoms with Crippen molar-refractivity contribution in [3.05, 3.63) is 42.0 Å². The van der Waals surface area contributed by atoms with Crippen molar-refractivity contribution < 1.29 is 19.8 Å². The van der Waals surface area contributed by atoms with Gasteiger partial charge in [-0.2, -0.15) is 0 Å². The molecule has 0 aliphatic carbocycles. The first-order valence-electron chi connectivity index (χ1n) is 6.87. The van der Waals surface area contributed by atoms with Crippen LogP contribution >= 0.6 is 12.6 Å². The molecule has 0 aliphatic heterocycles. The number of rotatable bonds is 4. The molecule has 0 radical (unpaired) electrons. The summed E-state index contributed by atoms with van der Waals surface area (Å²) in [5, 5.41) is 24.3. The summed E-state index contributed by atoms with van der Waals surface area (Å²) in [6, 6.07) is 8.63. The Bertz CT molecular complexity index is 762. The Hall–Kier alpha value is -2.67. The quantitative estimate of drug-likeness (QED) is 0.338. The Morgan fingerprint density at radius 3 is 2.39 bits per heavy atom. The maximum Gasteiger partial charge on any atom is 0.255 e. The predicted octanol–water partition coefficient (Wildman–Crippen LogP) is 2.99. The molecule has 0 fully saturated rings. The zero-order chi connectivity index (χ0) is 17.0. The van der Waals surface area contributed by atoms with E-state index in [0.29, 0.717) is 10.6 Å². The predicted molar refractivity (Wildman–Crippen MR) is 90.3 cm³/mol. The van der Waals surface area contributed by atoms with Gasteiger partial charge in [-0.15, -0.1) is 12.6 Å². The van der Waals surface area contributed by atoms with E-state index >= 15 is 0 Å². The number of hydrogen-bond acceptors (Lipinski definition) is 5. The molecular weight excluding hydrogens is 316 g/mol. The van der Waals surface area contributed by atoms with Gasteiger partial charge in [0.25, 0.3) is 5.91 Å². The first-order valence-corrected chi connectivity index (χ1v) is 7.31. The van der Waals surface area contributed by atoms with Crippen LogP contribution in [-0.4, -0.2) is 22.0 Å². The van der Waals surface area contributed by atoms with Crippen molar-refractivity contribution in [2.24, 2.45) is 0 Å². The van der Waals surface area contributed by atoms with E-state index in [1.807, 2.05) is 0 Å². The number of nitrogens with one attached hydrogen (secondary N) is 2. The molecule has 0 aliphatic rings. The lowest BCUT2D eigenvalue weighted by atomic mass is 10.1. The number of carbonyl (C=O) groups is 2. The van der Waals surface area contributed by atoms with E-state index in [4.69, 9.17) is 0 Å². The number of phenolic OH excluding ortho intramolecular Hbond substituents is 2. The average molecular weight is 332 g/mol. The minimum atomic E-state index is -0.421. The van der Waals surface area contributed by atoms with Crippen LogP contribution in [0.3, 0.4) is 0 Å². The highest BCUT2D eigenvalue weighted by atomic mass is 32.1. The van der Waals surface area contributed by atoms with Crippen molar-refractivity contribution in [3.8, 4) is 11.5 Å². The van der Waals surface area contributed by atoms with Crippen LogP contribution in [-0.2, 0) is 4.79 Å². The van der Waals surface area contributed by atoms with Crippen LogP contribution in [0, 0.1) is 0 Å². The number of thiol groups is 1. The number of hydrogen-bond donors (Lipinski definition) is 5. The lowest BCUT2D eigenvalue weighted by molar-refractivity contribution is -0.115. The van der Waals surface area contributed by atoms with Crippen LogP contribution in [0.25, 0.3) is 0 Å². The molecule has 2 rings (SSSR count). The zero-order valence-electron chi connectivity index (χ0n) is 12.3. The molecule has 120 valence electrons.